The Balaban J connectivity index is 1.22. The molecule has 2 atom stereocenters. The van der Waals surface area contributed by atoms with Crippen LogP contribution in [0.15, 0.2) is 22.6 Å². The minimum absolute atomic E-state index is 0.195. The summed E-state index contributed by atoms with van der Waals surface area (Å²) in [5.74, 6) is 2.70. The van der Waals surface area contributed by atoms with Crippen LogP contribution < -0.4 is 10.2 Å². The number of oxazole rings is 1. The number of likely N-dealkylation sites (N-methyl/N-ethyl adjacent to an activating group) is 1. The zero-order valence-corrected chi connectivity index (χ0v) is 21.2. The lowest BCUT2D eigenvalue weighted by atomic mass is 9.80. The number of carbonyl (C=O) groups is 1. The second-order valence-corrected chi connectivity index (χ2v) is 11.0. The topological polar surface area (TPSA) is 87.4 Å². The van der Waals surface area contributed by atoms with Crippen molar-refractivity contribution in [3.8, 4) is 0 Å². The van der Waals surface area contributed by atoms with Gasteiger partial charge in [0.25, 0.3) is 0 Å². The van der Waals surface area contributed by atoms with Crippen LogP contribution >= 0.6 is 0 Å². The average molecular weight is 493 g/mol. The summed E-state index contributed by atoms with van der Waals surface area (Å²) in [6.07, 6.45) is 5.13. The molecule has 3 aliphatic rings. The first kappa shape index (κ1) is 23.2. The van der Waals surface area contributed by atoms with Crippen LogP contribution in [0, 0.1) is 5.82 Å². The van der Waals surface area contributed by atoms with Gasteiger partial charge in [0.05, 0.1) is 5.69 Å². The third kappa shape index (κ3) is 4.08. The van der Waals surface area contributed by atoms with Crippen LogP contribution in [0.25, 0.3) is 11.1 Å². The molecule has 1 aliphatic carbocycles. The van der Waals surface area contributed by atoms with E-state index >= 15 is 0 Å². The second-order valence-electron chi connectivity index (χ2n) is 11.0. The van der Waals surface area contributed by atoms with Crippen molar-refractivity contribution in [3.63, 3.8) is 0 Å². The number of nitrogens with one attached hydrogen (secondary N) is 1. The Bertz CT molecular complexity index is 1320. The minimum atomic E-state index is -0.304. The van der Waals surface area contributed by atoms with Crippen LogP contribution in [0.5, 0.6) is 0 Å². The Morgan fingerprint density at radius 2 is 1.94 bits per heavy atom. The highest BCUT2D eigenvalue weighted by molar-refractivity contribution is 5.77. The number of carbonyl (C=O) groups excluding carboxylic acids is 1. The number of aromatic nitrogens is 3. The number of hydrogen-bond donors (Lipinski definition) is 1. The van der Waals surface area contributed by atoms with E-state index in [2.05, 4.69) is 29.0 Å². The number of nitrogens with zero attached hydrogens (tertiary/aromatic N) is 5. The number of piperidine rings is 2. The predicted octanol–water partition coefficient (Wildman–Crippen LogP) is 4.40. The van der Waals surface area contributed by atoms with Crippen molar-refractivity contribution in [2.75, 3.05) is 36.9 Å². The number of likely N-dealkylation sites (tertiary alicyclic amines) is 1. The van der Waals surface area contributed by atoms with E-state index in [0.717, 1.165) is 62.7 Å². The molecule has 8 nitrogen and oxygen atoms in total. The van der Waals surface area contributed by atoms with Gasteiger partial charge in [0.15, 0.2) is 5.58 Å². The van der Waals surface area contributed by atoms with Crippen molar-refractivity contribution in [1.29, 1.82) is 0 Å². The Morgan fingerprint density at radius 3 is 2.72 bits per heavy atom. The van der Waals surface area contributed by atoms with Gasteiger partial charge < -0.3 is 19.5 Å². The van der Waals surface area contributed by atoms with E-state index in [9.17, 15) is 9.18 Å². The molecule has 4 heterocycles. The van der Waals surface area contributed by atoms with Gasteiger partial charge in [-0.15, -0.1) is 0 Å². The fourth-order valence-electron chi connectivity index (χ4n) is 5.86. The molecule has 0 radical (unpaired) electrons. The molecular weight excluding hydrogens is 459 g/mol. The zero-order valence-electron chi connectivity index (χ0n) is 21.2. The lowest BCUT2D eigenvalue weighted by Crippen LogP contribution is -2.44. The molecule has 6 rings (SSSR count). The van der Waals surface area contributed by atoms with Gasteiger partial charge in [-0.25, -0.2) is 14.4 Å². The molecule has 36 heavy (non-hydrogen) atoms. The van der Waals surface area contributed by atoms with Crippen molar-refractivity contribution in [2.24, 2.45) is 0 Å². The molecule has 2 saturated heterocycles. The highest BCUT2D eigenvalue weighted by Gasteiger charge is 2.38. The van der Waals surface area contributed by atoms with Crippen molar-refractivity contribution in [1.82, 2.24) is 19.9 Å². The summed E-state index contributed by atoms with van der Waals surface area (Å²) in [7, 11) is 1.87. The minimum Gasteiger partial charge on any atom is -0.440 e. The number of benzene rings is 1. The Labute approximate surface area is 210 Å². The number of amides is 1. The molecule has 9 heteroatoms. The molecule has 2 aromatic heterocycles. The summed E-state index contributed by atoms with van der Waals surface area (Å²) in [6, 6.07) is 4.67. The van der Waals surface area contributed by atoms with Gasteiger partial charge in [-0.1, -0.05) is 13.8 Å². The predicted molar refractivity (Wildman–Crippen MR) is 136 cm³/mol. The van der Waals surface area contributed by atoms with Crippen molar-refractivity contribution >= 4 is 28.8 Å². The first-order chi connectivity index (χ1) is 17.3. The van der Waals surface area contributed by atoms with Gasteiger partial charge in [0.2, 0.25) is 17.7 Å². The first-order valence-electron chi connectivity index (χ1n) is 13.0. The molecule has 0 saturated carbocycles. The maximum atomic E-state index is 13.6. The second kappa shape index (κ2) is 8.71. The molecule has 2 aliphatic heterocycles. The third-order valence-corrected chi connectivity index (χ3v) is 8.30. The first-order valence-corrected chi connectivity index (χ1v) is 13.0. The van der Waals surface area contributed by atoms with Gasteiger partial charge in [-0.3, -0.25) is 4.79 Å². The van der Waals surface area contributed by atoms with Crippen molar-refractivity contribution in [3.05, 3.63) is 41.2 Å². The number of halogens is 1. The van der Waals surface area contributed by atoms with Crippen LogP contribution in [0.1, 0.15) is 69.0 Å². The number of aryl methyl sites for hydroxylation is 1. The smallest absolute Gasteiger partial charge is 0.227 e. The Morgan fingerprint density at radius 1 is 1.14 bits per heavy atom. The highest BCUT2D eigenvalue weighted by atomic mass is 19.1. The number of fused-ring (bicyclic) bond motifs is 2. The van der Waals surface area contributed by atoms with E-state index in [1.807, 2.05) is 7.05 Å². The van der Waals surface area contributed by atoms with E-state index < -0.39 is 0 Å². The summed E-state index contributed by atoms with van der Waals surface area (Å²) in [4.78, 5) is 30.7. The van der Waals surface area contributed by atoms with Gasteiger partial charge in [0.1, 0.15) is 17.2 Å². The van der Waals surface area contributed by atoms with Crippen LogP contribution in [-0.4, -0.2) is 58.5 Å². The number of hydrogen-bond acceptors (Lipinski definition) is 7. The molecular formula is C27H33FN6O2. The van der Waals surface area contributed by atoms with Crippen molar-refractivity contribution in [2.45, 2.75) is 69.7 Å². The fraction of sp³-hybridized carbons (Fsp3) is 0.556. The molecule has 190 valence electrons. The molecule has 0 bridgehead atoms. The third-order valence-electron chi connectivity index (χ3n) is 8.30. The summed E-state index contributed by atoms with van der Waals surface area (Å²) in [5.41, 5.74) is 3.34. The van der Waals surface area contributed by atoms with Gasteiger partial charge in [-0.2, -0.15) is 4.98 Å². The number of rotatable bonds is 4. The maximum Gasteiger partial charge on any atom is 0.227 e. The molecule has 1 aromatic carbocycles. The van der Waals surface area contributed by atoms with Crippen molar-refractivity contribution < 1.29 is 13.6 Å². The van der Waals surface area contributed by atoms with Gasteiger partial charge in [-0.05, 0) is 50.2 Å². The Hall–Kier alpha value is -3.23. The fourth-order valence-corrected chi connectivity index (χ4v) is 5.86. The largest absolute Gasteiger partial charge is 0.440 e. The molecule has 1 unspecified atom stereocenters. The van der Waals surface area contributed by atoms with Gasteiger partial charge >= 0.3 is 0 Å². The normalized spacial score (nSPS) is 23.8. The van der Waals surface area contributed by atoms with E-state index in [4.69, 9.17) is 14.4 Å². The quantitative estimate of drug-likeness (QED) is 0.578. The summed E-state index contributed by atoms with van der Waals surface area (Å²) in [6.45, 7) is 6.69. The molecule has 3 aromatic rings. The van der Waals surface area contributed by atoms with E-state index in [1.54, 1.807) is 11.0 Å². The Kier molecular flexibility index (Phi) is 5.61. The van der Waals surface area contributed by atoms with E-state index in [0.29, 0.717) is 35.9 Å². The zero-order chi connectivity index (χ0) is 25.0. The van der Waals surface area contributed by atoms with E-state index in [1.165, 1.54) is 17.7 Å². The molecule has 1 N–H and O–H groups in total. The average Bonchev–Trinajstić information content (AvgIpc) is 3.46. The standard InChI is InChI=1S/C27H33FN6O2/c1-16-4-7-19-23(16)24(29-18-6-9-22(35)33(3)15-18)32-26(31-19)34-12-10-27(2,11-13-34)25-30-20-14-17(28)5-8-21(20)36-25/h5,8,14,16,18H,4,6-7,9-13,15H2,1-3H3,(H,29,31,32)/t16?,18-/m0/s1. The maximum absolute atomic E-state index is 13.6. The lowest BCUT2D eigenvalue weighted by Gasteiger charge is -2.37. The molecule has 2 fully saturated rings. The SMILES string of the molecule is CC1CCc2nc(N3CCC(C)(c4nc5cc(F)ccc5o4)CC3)nc(N[C@H]3CCC(=O)N(C)C3)c21. The van der Waals surface area contributed by atoms with E-state index in [-0.39, 0.29) is 23.2 Å². The van der Waals surface area contributed by atoms with Crippen LogP contribution in [0.3, 0.4) is 0 Å². The van der Waals surface area contributed by atoms with Crippen LogP contribution in [0.2, 0.25) is 0 Å². The number of anilines is 2. The summed E-state index contributed by atoms with van der Waals surface area (Å²) in [5, 5.41) is 3.68. The van der Waals surface area contributed by atoms with Gasteiger partial charge in [0, 0.05) is 56.2 Å². The lowest BCUT2D eigenvalue weighted by molar-refractivity contribution is -0.132. The molecule has 1 amide bonds. The van der Waals surface area contributed by atoms with Crippen LogP contribution in [0.4, 0.5) is 16.2 Å². The highest BCUT2D eigenvalue weighted by Crippen LogP contribution is 2.40. The van der Waals surface area contributed by atoms with Crippen LogP contribution in [-0.2, 0) is 16.6 Å². The summed E-state index contributed by atoms with van der Waals surface area (Å²) >= 11 is 0. The molecule has 0 spiro atoms. The summed E-state index contributed by atoms with van der Waals surface area (Å²) < 4.78 is 19.7. The monoisotopic (exact) mass is 492 g/mol.